The molecule has 1 aliphatic heterocycles. The summed E-state index contributed by atoms with van der Waals surface area (Å²) in [6, 6.07) is 8.92. The molecule has 4 nitrogen and oxygen atoms in total. The molecule has 0 aliphatic carbocycles. The van der Waals surface area contributed by atoms with Gasteiger partial charge in [0.05, 0.1) is 5.92 Å². The number of piperidine rings is 1. The highest BCUT2D eigenvalue weighted by Crippen LogP contribution is 2.28. The van der Waals surface area contributed by atoms with Crippen LogP contribution in [0.3, 0.4) is 0 Å². The summed E-state index contributed by atoms with van der Waals surface area (Å²) in [5.41, 5.74) is 13.8. The normalized spacial score (nSPS) is 24.4. The summed E-state index contributed by atoms with van der Waals surface area (Å²) >= 11 is 0. The average molecular weight is 275 g/mol. The van der Waals surface area contributed by atoms with Crippen LogP contribution in [0.5, 0.6) is 0 Å². The Morgan fingerprint density at radius 1 is 1.35 bits per heavy atom. The Kier molecular flexibility index (Phi) is 4.65. The predicted molar refractivity (Wildman–Crippen MR) is 82.4 cm³/mol. The van der Waals surface area contributed by atoms with Crippen molar-refractivity contribution in [3.8, 4) is 0 Å². The van der Waals surface area contributed by atoms with Gasteiger partial charge in [-0.3, -0.25) is 4.79 Å². The summed E-state index contributed by atoms with van der Waals surface area (Å²) in [5.74, 6) is -0.227. The molecule has 0 radical (unpaired) electrons. The molecule has 0 bridgehead atoms. The first-order valence-electron chi connectivity index (χ1n) is 7.44. The second-order valence-electron chi connectivity index (χ2n) is 5.78. The van der Waals surface area contributed by atoms with Crippen molar-refractivity contribution in [2.75, 3.05) is 11.4 Å². The molecule has 20 heavy (non-hydrogen) atoms. The van der Waals surface area contributed by atoms with Gasteiger partial charge >= 0.3 is 0 Å². The van der Waals surface area contributed by atoms with E-state index in [1.807, 2.05) is 0 Å². The van der Waals surface area contributed by atoms with E-state index in [1.165, 1.54) is 0 Å². The molecule has 2 rings (SSSR count). The zero-order chi connectivity index (χ0) is 14.7. The van der Waals surface area contributed by atoms with Crippen LogP contribution in [0.25, 0.3) is 0 Å². The lowest BCUT2D eigenvalue weighted by Gasteiger charge is -2.38. The van der Waals surface area contributed by atoms with Crippen molar-refractivity contribution >= 4 is 11.6 Å². The number of hydrogen-bond acceptors (Lipinski definition) is 3. The Morgan fingerprint density at radius 2 is 2.00 bits per heavy atom. The van der Waals surface area contributed by atoms with Gasteiger partial charge in [0, 0.05) is 24.3 Å². The van der Waals surface area contributed by atoms with Crippen molar-refractivity contribution in [3.63, 3.8) is 0 Å². The first-order valence-corrected chi connectivity index (χ1v) is 7.44. The lowest BCUT2D eigenvalue weighted by molar-refractivity contribution is -0.122. The van der Waals surface area contributed by atoms with E-state index in [9.17, 15) is 4.79 Å². The monoisotopic (exact) mass is 275 g/mol. The van der Waals surface area contributed by atoms with Crippen LogP contribution in [0, 0.1) is 5.92 Å². The highest BCUT2D eigenvalue weighted by atomic mass is 16.1. The largest absolute Gasteiger partial charge is 0.369 e. The summed E-state index contributed by atoms with van der Waals surface area (Å²) in [4.78, 5) is 13.7. The van der Waals surface area contributed by atoms with Crippen molar-refractivity contribution in [3.05, 3.63) is 29.8 Å². The number of nitrogens with zero attached hydrogens (tertiary/aromatic N) is 1. The van der Waals surface area contributed by atoms with Crippen LogP contribution in [0.4, 0.5) is 5.69 Å². The fourth-order valence-electron chi connectivity index (χ4n) is 2.85. The topological polar surface area (TPSA) is 72.3 Å². The molecule has 1 aromatic carbocycles. The second-order valence-corrected chi connectivity index (χ2v) is 5.78. The minimum atomic E-state index is -0.188. The molecule has 1 amide bonds. The second kappa shape index (κ2) is 6.27. The average Bonchev–Trinajstić information content (AvgIpc) is 2.47. The fourth-order valence-corrected chi connectivity index (χ4v) is 2.85. The van der Waals surface area contributed by atoms with E-state index in [2.05, 4.69) is 43.0 Å². The number of carbonyl (C=O) groups is 1. The third kappa shape index (κ3) is 3.12. The third-order valence-electron chi connectivity index (χ3n) is 4.38. The standard InChI is InChI=1S/C16H25N3O/c1-3-15(17)12-6-8-14(9-7-12)19-10-13(16(18)20)5-4-11(19)2/h6-9,11,13,15H,3-5,10,17H2,1-2H3,(H2,18,20)/t11?,13?,15-/m1/s1. The van der Waals surface area contributed by atoms with Crippen molar-refractivity contribution in [1.29, 1.82) is 0 Å². The summed E-state index contributed by atoms with van der Waals surface area (Å²) in [7, 11) is 0. The van der Waals surface area contributed by atoms with Gasteiger partial charge in [-0.1, -0.05) is 19.1 Å². The van der Waals surface area contributed by atoms with E-state index in [1.54, 1.807) is 0 Å². The van der Waals surface area contributed by atoms with E-state index in [4.69, 9.17) is 11.5 Å². The van der Waals surface area contributed by atoms with Gasteiger partial charge in [0.1, 0.15) is 0 Å². The van der Waals surface area contributed by atoms with Crippen LogP contribution >= 0.6 is 0 Å². The minimum Gasteiger partial charge on any atom is -0.369 e. The Hall–Kier alpha value is -1.55. The van der Waals surface area contributed by atoms with Gasteiger partial charge in [-0.15, -0.1) is 0 Å². The van der Waals surface area contributed by atoms with Gasteiger partial charge in [0.15, 0.2) is 0 Å². The molecule has 0 aromatic heterocycles. The number of rotatable bonds is 4. The minimum absolute atomic E-state index is 0.0382. The first-order chi connectivity index (χ1) is 9.52. The van der Waals surface area contributed by atoms with E-state index in [0.29, 0.717) is 6.04 Å². The van der Waals surface area contributed by atoms with Crippen molar-refractivity contribution in [2.24, 2.45) is 17.4 Å². The van der Waals surface area contributed by atoms with Crippen LogP contribution < -0.4 is 16.4 Å². The first kappa shape index (κ1) is 14.9. The molecule has 4 heteroatoms. The summed E-state index contributed by atoms with van der Waals surface area (Å²) < 4.78 is 0. The van der Waals surface area contributed by atoms with Gasteiger partial charge in [-0.2, -0.15) is 0 Å². The summed E-state index contributed by atoms with van der Waals surface area (Å²) in [6.45, 7) is 5.00. The highest BCUT2D eigenvalue weighted by molar-refractivity contribution is 5.77. The van der Waals surface area contributed by atoms with Gasteiger partial charge in [0.25, 0.3) is 0 Å². The van der Waals surface area contributed by atoms with Crippen LogP contribution in [0.15, 0.2) is 24.3 Å². The third-order valence-corrected chi connectivity index (χ3v) is 4.38. The molecule has 1 fully saturated rings. The molecule has 0 saturated carbocycles. The molecule has 0 spiro atoms. The maximum atomic E-state index is 11.4. The molecule has 110 valence electrons. The Labute approximate surface area is 121 Å². The molecule has 1 saturated heterocycles. The van der Waals surface area contributed by atoms with Crippen molar-refractivity contribution in [2.45, 2.75) is 45.2 Å². The SMILES string of the molecule is CC[C@@H](N)c1ccc(N2CC(C(N)=O)CCC2C)cc1. The Morgan fingerprint density at radius 3 is 2.55 bits per heavy atom. The molecule has 1 aromatic rings. The summed E-state index contributed by atoms with van der Waals surface area (Å²) in [5, 5.41) is 0. The van der Waals surface area contributed by atoms with Gasteiger partial charge in [-0.25, -0.2) is 0 Å². The van der Waals surface area contributed by atoms with Crippen LogP contribution in [0.1, 0.15) is 44.7 Å². The quantitative estimate of drug-likeness (QED) is 0.884. The lowest BCUT2D eigenvalue weighted by Crippen LogP contribution is -2.45. The van der Waals surface area contributed by atoms with Gasteiger partial charge in [0.2, 0.25) is 5.91 Å². The Balaban J connectivity index is 2.14. The zero-order valence-electron chi connectivity index (χ0n) is 12.4. The maximum Gasteiger partial charge on any atom is 0.222 e. The predicted octanol–water partition coefficient (Wildman–Crippen LogP) is 2.19. The smallest absolute Gasteiger partial charge is 0.222 e. The van der Waals surface area contributed by atoms with Crippen LogP contribution in [-0.2, 0) is 4.79 Å². The zero-order valence-corrected chi connectivity index (χ0v) is 12.4. The maximum absolute atomic E-state index is 11.4. The van der Waals surface area contributed by atoms with Gasteiger partial charge in [-0.05, 0) is 43.9 Å². The number of anilines is 1. The number of carbonyl (C=O) groups excluding carboxylic acids is 1. The molecule has 2 unspecified atom stereocenters. The van der Waals surface area contributed by atoms with Crippen molar-refractivity contribution in [1.82, 2.24) is 0 Å². The van der Waals surface area contributed by atoms with E-state index in [0.717, 1.165) is 37.1 Å². The molecular formula is C16H25N3O. The van der Waals surface area contributed by atoms with E-state index in [-0.39, 0.29) is 17.9 Å². The molecular weight excluding hydrogens is 250 g/mol. The van der Waals surface area contributed by atoms with E-state index >= 15 is 0 Å². The molecule has 1 heterocycles. The van der Waals surface area contributed by atoms with Gasteiger partial charge < -0.3 is 16.4 Å². The fraction of sp³-hybridized carbons (Fsp3) is 0.562. The number of amides is 1. The molecule has 4 N–H and O–H groups in total. The van der Waals surface area contributed by atoms with E-state index < -0.39 is 0 Å². The molecule has 3 atom stereocenters. The molecule has 1 aliphatic rings. The summed E-state index contributed by atoms with van der Waals surface area (Å²) in [6.07, 6.45) is 2.83. The Bertz CT molecular complexity index is 457. The van der Waals surface area contributed by atoms with Crippen molar-refractivity contribution < 1.29 is 4.79 Å². The lowest BCUT2D eigenvalue weighted by atomic mass is 9.92. The van der Waals surface area contributed by atoms with Crippen LogP contribution in [-0.4, -0.2) is 18.5 Å². The number of benzene rings is 1. The number of hydrogen-bond donors (Lipinski definition) is 2. The highest BCUT2D eigenvalue weighted by Gasteiger charge is 2.28. The number of nitrogens with two attached hydrogens (primary N) is 2. The van der Waals surface area contributed by atoms with Crippen LogP contribution in [0.2, 0.25) is 0 Å². The number of primary amides is 1.